The molecule has 1 aliphatic rings. The minimum Gasteiger partial charge on any atom is -0.457 e. The quantitative estimate of drug-likeness (QED) is 0.782. The lowest BCUT2D eigenvalue weighted by Crippen LogP contribution is -2.51. The maximum absolute atomic E-state index is 12.2. The second-order valence-corrected chi connectivity index (χ2v) is 6.15. The van der Waals surface area contributed by atoms with Gasteiger partial charge < -0.3 is 19.0 Å². The van der Waals surface area contributed by atoms with Crippen LogP contribution in [0.25, 0.3) is 0 Å². The van der Waals surface area contributed by atoms with E-state index in [1.54, 1.807) is 21.9 Å². The highest BCUT2D eigenvalue weighted by molar-refractivity contribution is 7.12. The molecule has 0 bridgehead atoms. The SMILES string of the molecule is O=C(OCC(=O)N1CCN(C(=O)c2cccs2)CC1)c1ccco1. The van der Waals surface area contributed by atoms with Gasteiger partial charge in [-0.05, 0) is 23.6 Å². The van der Waals surface area contributed by atoms with Crippen LogP contribution in [0, 0.1) is 0 Å². The largest absolute Gasteiger partial charge is 0.457 e. The highest BCUT2D eigenvalue weighted by Crippen LogP contribution is 2.14. The molecule has 7 nitrogen and oxygen atoms in total. The number of carbonyl (C=O) groups excluding carboxylic acids is 3. The third kappa shape index (κ3) is 3.65. The zero-order valence-corrected chi connectivity index (χ0v) is 13.7. The van der Waals surface area contributed by atoms with Gasteiger partial charge in [-0.1, -0.05) is 6.07 Å². The molecule has 0 radical (unpaired) electrons. The Hall–Kier alpha value is -2.61. The highest BCUT2D eigenvalue weighted by Gasteiger charge is 2.26. The van der Waals surface area contributed by atoms with Gasteiger partial charge in [0.05, 0.1) is 11.1 Å². The predicted molar refractivity (Wildman–Crippen MR) is 85.8 cm³/mol. The number of furan rings is 1. The topological polar surface area (TPSA) is 80.1 Å². The number of nitrogens with zero attached hydrogens (tertiary/aromatic N) is 2. The number of ether oxygens (including phenoxy) is 1. The molecule has 8 heteroatoms. The molecule has 2 amide bonds. The van der Waals surface area contributed by atoms with Gasteiger partial charge in [-0.2, -0.15) is 0 Å². The first-order valence-electron chi connectivity index (χ1n) is 7.46. The van der Waals surface area contributed by atoms with E-state index in [0.29, 0.717) is 31.1 Å². The molecule has 24 heavy (non-hydrogen) atoms. The Balaban J connectivity index is 1.45. The van der Waals surface area contributed by atoms with Gasteiger partial charge in [0, 0.05) is 26.2 Å². The van der Waals surface area contributed by atoms with Crippen molar-refractivity contribution in [2.45, 2.75) is 0 Å². The van der Waals surface area contributed by atoms with Crippen LogP contribution in [0.15, 0.2) is 40.3 Å². The molecule has 1 aliphatic heterocycles. The molecular formula is C16H16N2O5S. The summed E-state index contributed by atoms with van der Waals surface area (Å²) < 4.78 is 9.84. The van der Waals surface area contributed by atoms with Crippen LogP contribution in [0.3, 0.4) is 0 Å². The number of hydrogen-bond acceptors (Lipinski definition) is 6. The van der Waals surface area contributed by atoms with Crippen molar-refractivity contribution >= 4 is 29.1 Å². The normalized spacial score (nSPS) is 14.5. The summed E-state index contributed by atoms with van der Waals surface area (Å²) >= 11 is 1.40. The molecule has 0 spiro atoms. The molecule has 126 valence electrons. The summed E-state index contributed by atoms with van der Waals surface area (Å²) in [7, 11) is 0. The van der Waals surface area contributed by atoms with Crippen LogP contribution in [-0.4, -0.2) is 60.4 Å². The fourth-order valence-corrected chi connectivity index (χ4v) is 3.09. The summed E-state index contributed by atoms with van der Waals surface area (Å²) in [6, 6.07) is 6.67. The number of esters is 1. The number of carbonyl (C=O) groups is 3. The van der Waals surface area contributed by atoms with Crippen molar-refractivity contribution in [2.75, 3.05) is 32.8 Å². The van der Waals surface area contributed by atoms with Gasteiger partial charge in [0.1, 0.15) is 0 Å². The number of hydrogen-bond donors (Lipinski definition) is 0. The van der Waals surface area contributed by atoms with Crippen molar-refractivity contribution in [3.05, 3.63) is 46.5 Å². The summed E-state index contributed by atoms with van der Waals surface area (Å²) in [5.41, 5.74) is 0. The van der Waals surface area contributed by atoms with E-state index in [1.165, 1.54) is 23.7 Å². The highest BCUT2D eigenvalue weighted by atomic mass is 32.1. The molecule has 3 heterocycles. The van der Waals surface area contributed by atoms with Crippen molar-refractivity contribution < 1.29 is 23.5 Å². The first-order chi connectivity index (χ1) is 11.6. The lowest BCUT2D eigenvalue weighted by atomic mass is 10.3. The molecule has 0 saturated carbocycles. The molecule has 0 aromatic carbocycles. The van der Waals surface area contributed by atoms with Crippen LogP contribution in [-0.2, 0) is 9.53 Å². The third-order valence-electron chi connectivity index (χ3n) is 3.70. The van der Waals surface area contributed by atoms with Crippen molar-refractivity contribution in [1.82, 2.24) is 9.80 Å². The smallest absolute Gasteiger partial charge is 0.374 e. The Morgan fingerprint density at radius 1 is 1.08 bits per heavy atom. The zero-order valence-electron chi connectivity index (χ0n) is 12.8. The van der Waals surface area contributed by atoms with Crippen LogP contribution in [0.2, 0.25) is 0 Å². The molecule has 2 aromatic heterocycles. The fraction of sp³-hybridized carbons (Fsp3) is 0.312. The molecule has 0 atom stereocenters. The number of piperazine rings is 1. The summed E-state index contributed by atoms with van der Waals surface area (Å²) in [5.74, 6) is -0.895. The van der Waals surface area contributed by atoms with E-state index in [-0.39, 0.29) is 24.2 Å². The van der Waals surface area contributed by atoms with Crippen LogP contribution in [0.1, 0.15) is 20.2 Å². The van der Waals surface area contributed by atoms with Crippen molar-refractivity contribution in [3.8, 4) is 0 Å². The van der Waals surface area contributed by atoms with E-state index in [4.69, 9.17) is 9.15 Å². The van der Waals surface area contributed by atoms with Gasteiger partial charge in [-0.25, -0.2) is 4.79 Å². The third-order valence-corrected chi connectivity index (χ3v) is 4.56. The Morgan fingerprint density at radius 3 is 2.46 bits per heavy atom. The van der Waals surface area contributed by atoms with Crippen molar-refractivity contribution in [2.24, 2.45) is 0 Å². The molecule has 3 rings (SSSR count). The molecule has 0 N–H and O–H groups in total. The average molecular weight is 348 g/mol. The Kier molecular flexibility index (Phi) is 4.95. The summed E-state index contributed by atoms with van der Waals surface area (Å²) in [6.07, 6.45) is 1.36. The minimum atomic E-state index is -0.667. The maximum atomic E-state index is 12.2. The van der Waals surface area contributed by atoms with Crippen molar-refractivity contribution in [3.63, 3.8) is 0 Å². The van der Waals surface area contributed by atoms with Crippen molar-refractivity contribution in [1.29, 1.82) is 0 Å². The first kappa shape index (κ1) is 16.3. The van der Waals surface area contributed by atoms with Crippen LogP contribution >= 0.6 is 11.3 Å². The van der Waals surface area contributed by atoms with Crippen LogP contribution in [0.5, 0.6) is 0 Å². The predicted octanol–water partition coefficient (Wildman–Crippen LogP) is 1.48. The van der Waals surface area contributed by atoms with Gasteiger partial charge in [0.25, 0.3) is 11.8 Å². The zero-order chi connectivity index (χ0) is 16.9. The van der Waals surface area contributed by atoms with Crippen LogP contribution in [0.4, 0.5) is 0 Å². The van der Waals surface area contributed by atoms with E-state index in [9.17, 15) is 14.4 Å². The number of thiophene rings is 1. The van der Waals surface area contributed by atoms with Crippen LogP contribution < -0.4 is 0 Å². The molecule has 0 unspecified atom stereocenters. The minimum absolute atomic E-state index is 0.0126. The molecule has 0 aliphatic carbocycles. The molecule has 1 saturated heterocycles. The number of amides is 2. The first-order valence-corrected chi connectivity index (χ1v) is 8.34. The van der Waals surface area contributed by atoms with E-state index in [2.05, 4.69) is 0 Å². The second-order valence-electron chi connectivity index (χ2n) is 5.20. The maximum Gasteiger partial charge on any atom is 0.374 e. The molecular weight excluding hydrogens is 332 g/mol. The number of rotatable bonds is 4. The Labute approximate surface area is 142 Å². The van der Waals surface area contributed by atoms with Gasteiger partial charge in [0.15, 0.2) is 6.61 Å². The molecule has 1 fully saturated rings. The average Bonchev–Trinajstić information content (AvgIpc) is 3.32. The Bertz CT molecular complexity index is 703. The second kappa shape index (κ2) is 7.31. The summed E-state index contributed by atoms with van der Waals surface area (Å²) in [6.45, 7) is 1.45. The van der Waals surface area contributed by atoms with Gasteiger partial charge in [-0.15, -0.1) is 11.3 Å². The fourth-order valence-electron chi connectivity index (χ4n) is 2.40. The summed E-state index contributed by atoms with van der Waals surface area (Å²) in [5, 5.41) is 1.86. The monoisotopic (exact) mass is 348 g/mol. The van der Waals surface area contributed by atoms with E-state index < -0.39 is 5.97 Å². The summed E-state index contributed by atoms with van der Waals surface area (Å²) in [4.78, 5) is 40.0. The van der Waals surface area contributed by atoms with Gasteiger partial charge in [-0.3, -0.25) is 9.59 Å². The standard InChI is InChI=1S/C16H16N2O5S/c19-14(11-23-16(21)12-3-1-9-22-12)17-5-7-18(8-6-17)15(20)13-4-2-10-24-13/h1-4,9-10H,5-8,11H2. The van der Waals surface area contributed by atoms with Gasteiger partial charge in [0.2, 0.25) is 5.76 Å². The van der Waals surface area contributed by atoms with E-state index >= 15 is 0 Å². The van der Waals surface area contributed by atoms with E-state index in [1.807, 2.05) is 11.4 Å². The molecule has 2 aromatic rings. The lowest BCUT2D eigenvalue weighted by molar-refractivity contribution is -0.136. The lowest BCUT2D eigenvalue weighted by Gasteiger charge is -2.34. The Morgan fingerprint density at radius 2 is 1.83 bits per heavy atom. The van der Waals surface area contributed by atoms with Gasteiger partial charge >= 0.3 is 5.97 Å². The van der Waals surface area contributed by atoms with E-state index in [0.717, 1.165) is 0 Å².